The Hall–Kier alpha value is -6.60. The molecule has 0 aromatic carbocycles. The largest absolute Gasteiger partial charge is 0.463 e. The molecule has 16 fully saturated rings. The first-order valence-corrected chi connectivity index (χ1v) is 46.8. The van der Waals surface area contributed by atoms with E-state index in [1.54, 1.807) is 69.2 Å². The SMILES string of the molecule is CCC(C)(C)C(=O)OC12CC3CC(CC(O)(C3)C1)C2.CCC(C)(C)C(=O)OC12CC3CC(CC(O)(C3)C1)C2.CCC(C)(C)C(=O)OCC(=O)OC1C2CC3C(=O)OC1C3C2.CCC(C)(C)C(=O)OCC(=O)OC1C2CC3C(=O)OC1C3C2.CCC(C)(C)C(=O)OCC(=O)OC1COC(C)(C)OC1.CCC(COC(=O)COC(=O)C(C)(C)CC)C1COC(C)(C)OC1. The highest BCUT2D eigenvalue weighted by molar-refractivity contribution is 5.83. The Bertz CT molecular complexity index is 3650. The quantitative estimate of drug-likeness (QED) is 0.0519. The molecule has 30 heteroatoms. The van der Waals surface area contributed by atoms with Crippen LogP contribution in [0.15, 0.2) is 0 Å². The average molecular weight is 1790 g/mol. The van der Waals surface area contributed by atoms with E-state index in [4.69, 9.17) is 75.8 Å². The lowest BCUT2D eigenvalue weighted by atomic mass is 9.52. The first-order valence-electron chi connectivity index (χ1n) is 46.8. The van der Waals surface area contributed by atoms with Crippen LogP contribution in [0.3, 0.4) is 0 Å². The highest BCUT2D eigenvalue weighted by Crippen LogP contribution is 2.62. The summed E-state index contributed by atoms with van der Waals surface area (Å²) in [6.07, 6.45) is 17.7. The van der Waals surface area contributed by atoms with Crippen molar-refractivity contribution in [2.24, 2.45) is 104 Å². The molecular weight excluding hydrogens is 1630 g/mol. The highest BCUT2D eigenvalue weighted by Gasteiger charge is 2.66. The van der Waals surface area contributed by atoms with Crippen molar-refractivity contribution in [1.29, 1.82) is 0 Å². The van der Waals surface area contributed by atoms with Crippen molar-refractivity contribution in [2.45, 2.75) is 371 Å². The molecule has 4 aliphatic heterocycles. The van der Waals surface area contributed by atoms with E-state index in [9.17, 15) is 67.7 Å². The third kappa shape index (κ3) is 25.8. The Balaban J connectivity index is 0.000000171. The molecule has 16 rings (SSSR count). The number of aliphatic hydroxyl groups is 2. The maximum Gasteiger partial charge on any atom is 0.344 e. The van der Waals surface area contributed by atoms with Gasteiger partial charge in [0.1, 0.15) is 41.7 Å². The first kappa shape index (κ1) is 103. The van der Waals surface area contributed by atoms with E-state index in [0.717, 1.165) is 96.3 Å². The van der Waals surface area contributed by atoms with Crippen molar-refractivity contribution < 1.29 is 144 Å². The lowest BCUT2D eigenvalue weighted by molar-refractivity contribution is -0.276. The molecular formula is C96H152O30. The summed E-state index contributed by atoms with van der Waals surface area (Å²) >= 11 is 0. The summed E-state index contributed by atoms with van der Waals surface area (Å²) in [5.41, 5.74) is -5.05. The summed E-state index contributed by atoms with van der Waals surface area (Å²) in [5.74, 6) is -2.22. The van der Waals surface area contributed by atoms with Gasteiger partial charge < -0.3 is 86.0 Å². The molecule has 12 bridgehead atoms. The molecule has 4 saturated heterocycles. The topological polar surface area (TPSA) is 393 Å². The van der Waals surface area contributed by atoms with Gasteiger partial charge in [-0.1, -0.05) is 48.5 Å². The number of carbonyl (C=O) groups is 12. The molecule has 15 atom stereocenters. The van der Waals surface area contributed by atoms with Gasteiger partial charge in [-0.25, -0.2) is 19.2 Å². The van der Waals surface area contributed by atoms with Gasteiger partial charge in [-0.3, -0.25) is 38.4 Å². The Kier molecular flexibility index (Phi) is 33.3. The normalized spacial score (nSPS) is 32.6. The summed E-state index contributed by atoms with van der Waals surface area (Å²) in [7, 11) is 0. The monoisotopic (exact) mass is 1790 g/mol. The Morgan fingerprint density at radius 1 is 0.381 bits per heavy atom. The molecule has 0 spiro atoms. The van der Waals surface area contributed by atoms with Gasteiger partial charge in [0.2, 0.25) is 0 Å². The van der Waals surface area contributed by atoms with Gasteiger partial charge in [0.05, 0.1) is 88.6 Å². The van der Waals surface area contributed by atoms with E-state index in [2.05, 4.69) is 0 Å². The standard InChI is InChI=1S/C18H32O6.2C16H22O6.2C16H26O3.C14H24O6/c1-7-13(14-10-23-18(5,6)24-11-14)9-21-15(19)12-22-16(20)17(3,4)8-2;2*1-4-16(2,3)15(19)20-7-11(17)21-12-8-5-9-10(6-8)14(18)22-13(9)12;2*1-4-14(2,3)13(17)19-16-8-11-5-12(9-16)7-15(18,6-11)10-16;1-6-13(2,3)12(16)17-9-11(15)20-10-7-18-14(4,5)19-8-10/h13-14H,7-12H2,1-6H3;2*8-10,12-13H,4-7H2,1-3H3;2*11-12,18H,4-10H2,1-3H3;10H,6-9H2,1-5H3. The maximum absolute atomic E-state index is 12.4. The third-order valence-corrected chi connectivity index (χ3v) is 30.3. The summed E-state index contributed by atoms with van der Waals surface area (Å²) in [4.78, 5) is 142. The number of ether oxygens (including phenoxy) is 16. The zero-order valence-corrected chi connectivity index (χ0v) is 79.8. The highest BCUT2D eigenvalue weighted by atomic mass is 16.7. The molecule has 0 radical (unpaired) electrons. The van der Waals surface area contributed by atoms with Crippen molar-refractivity contribution in [3.05, 3.63) is 0 Å². The second-order valence-corrected chi connectivity index (χ2v) is 43.7. The molecule has 2 N–H and O–H groups in total. The third-order valence-electron chi connectivity index (χ3n) is 30.3. The number of rotatable bonds is 29. The van der Waals surface area contributed by atoms with Crippen molar-refractivity contribution >= 4 is 71.6 Å². The van der Waals surface area contributed by atoms with Gasteiger partial charge >= 0.3 is 71.6 Å². The van der Waals surface area contributed by atoms with E-state index in [0.29, 0.717) is 75.4 Å². The zero-order valence-electron chi connectivity index (χ0n) is 79.8. The fourth-order valence-corrected chi connectivity index (χ4v) is 20.6. The molecule has 0 aromatic rings. The van der Waals surface area contributed by atoms with E-state index < -0.39 is 103 Å². The van der Waals surface area contributed by atoms with Crippen molar-refractivity contribution in [3.63, 3.8) is 0 Å². The molecule has 12 saturated carbocycles. The number of esters is 12. The average Bonchev–Trinajstić information content (AvgIpc) is 1.68. The van der Waals surface area contributed by atoms with Gasteiger partial charge in [0.25, 0.3) is 0 Å². The molecule has 0 amide bonds. The van der Waals surface area contributed by atoms with Crippen LogP contribution in [0.5, 0.6) is 0 Å². The fourth-order valence-electron chi connectivity index (χ4n) is 20.6. The van der Waals surface area contributed by atoms with Gasteiger partial charge in [0, 0.05) is 48.3 Å². The molecule has 16 aliphatic rings. The van der Waals surface area contributed by atoms with Gasteiger partial charge in [0.15, 0.2) is 38.0 Å². The van der Waals surface area contributed by atoms with E-state index in [-0.39, 0.29) is 159 Å². The minimum absolute atomic E-state index is 0.00636. The van der Waals surface area contributed by atoms with Gasteiger partial charge in [-0.05, 0) is 269 Å². The lowest BCUT2D eigenvalue weighted by Gasteiger charge is -2.59. The summed E-state index contributed by atoms with van der Waals surface area (Å²) < 4.78 is 85.9. The number of hydrogen-bond donors (Lipinski definition) is 2. The predicted molar refractivity (Wildman–Crippen MR) is 454 cm³/mol. The van der Waals surface area contributed by atoms with Crippen LogP contribution in [0.4, 0.5) is 0 Å². The predicted octanol–water partition coefficient (Wildman–Crippen LogP) is 13.6. The second kappa shape index (κ2) is 40.6. The molecule has 30 nitrogen and oxygen atoms in total. The molecule has 4 heterocycles. The molecule has 716 valence electrons. The lowest BCUT2D eigenvalue weighted by Crippen LogP contribution is -2.61. The van der Waals surface area contributed by atoms with E-state index >= 15 is 0 Å². The van der Waals surface area contributed by atoms with Crippen LogP contribution in [0.1, 0.15) is 307 Å². The fraction of sp³-hybridized carbons (Fsp3) is 0.875. The summed E-state index contributed by atoms with van der Waals surface area (Å²) in [5, 5.41) is 21.3. The van der Waals surface area contributed by atoms with Crippen LogP contribution >= 0.6 is 0 Å². The number of fused-ring (bicyclic) bond motifs is 2. The first-order chi connectivity index (χ1) is 58.4. The molecule has 12 aliphatic carbocycles. The maximum atomic E-state index is 12.4. The number of carbonyl (C=O) groups excluding carboxylic acids is 12. The van der Waals surface area contributed by atoms with Crippen molar-refractivity contribution in [2.75, 3.05) is 59.5 Å². The Labute approximate surface area is 746 Å². The second-order valence-electron chi connectivity index (χ2n) is 43.7. The van der Waals surface area contributed by atoms with Crippen molar-refractivity contribution in [3.8, 4) is 0 Å². The van der Waals surface area contributed by atoms with Crippen LogP contribution in [0, 0.1) is 104 Å². The minimum atomic E-state index is -0.652. The summed E-state index contributed by atoms with van der Waals surface area (Å²) in [6.45, 7) is 43.5. The molecule has 0 aromatic heterocycles. The Morgan fingerprint density at radius 3 is 0.976 bits per heavy atom. The summed E-state index contributed by atoms with van der Waals surface area (Å²) in [6, 6.07) is 0. The van der Waals surface area contributed by atoms with Crippen molar-refractivity contribution in [1.82, 2.24) is 0 Å². The minimum Gasteiger partial charge on any atom is -0.463 e. The molecule has 15 unspecified atom stereocenters. The van der Waals surface area contributed by atoms with Crippen LogP contribution in [-0.2, 0) is 133 Å². The van der Waals surface area contributed by atoms with Gasteiger partial charge in [-0.2, -0.15) is 0 Å². The number of hydrogen-bond acceptors (Lipinski definition) is 30. The van der Waals surface area contributed by atoms with Crippen LogP contribution < -0.4 is 0 Å². The smallest absolute Gasteiger partial charge is 0.344 e. The van der Waals surface area contributed by atoms with Crippen LogP contribution in [0.25, 0.3) is 0 Å². The van der Waals surface area contributed by atoms with E-state index in [1.807, 2.05) is 90.0 Å². The van der Waals surface area contributed by atoms with Crippen LogP contribution in [-0.4, -0.2) is 206 Å². The van der Waals surface area contributed by atoms with E-state index in [1.165, 1.54) is 12.8 Å². The Morgan fingerprint density at radius 2 is 0.675 bits per heavy atom. The molecule has 126 heavy (non-hydrogen) atoms. The zero-order chi connectivity index (χ0) is 93.7. The van der Waals surface area contributed by atoms with Gasteiger partial charge in [-0.15, -0.1) is 0 Å². The van der Waals surface area contributed by atoms with Crippen LogP contribution in [0.2, 0.25) is 0 Å².